The Hall–Kier alpha value is -0.500. The Morgan fingerprint density at radius 2 is 1.71 bits per heavy atom. The van der Waals surface area contributed by atoms with Crippen LogP contribution in [0.3, 0.4) is 0 Å². The van der Waals surface area contributed by atoms with Gasteiger partial charge in [-0.25, -0.2) is 4.79 Å². The Balaban J connectivity index is 3.13. The van der Waals surface area contributed by atoms with Crippen molar-refractivity contribution in [2.45, 2.75) is 38.5 Å². The summed E-state index contributed by atoms with van der Waals surface area (Å²) < 4.78 is 4.83. The minimum absolute atomic E-state index is 0.0537. The third-order valence-electron chi connectivity index (χ3n) is 1.85. The smallest absolute Gasteiger partial charge is 0.349 e. The summed E-state index contributed by atoms with van der Waals surface area (Å²) in [6, 6.07) is 0. The van der Waals surface area contributed by atoms with Crippen LogP contribution < -0.4 is 0 Å². The van der Waals surface area contributed by atoms with Crippen molar-refractivity contribution in [3.63, 3.8) is 0 Å². The van der Waals surface area contributed by atoms with Gasteiger partial charge in [0, 0.05) is 0 Å². The second-order valence-electron chi connectivity index (χ2n) is 3.16. The van der Waals surface area contributed by atoms with E-state index in [4.69, 9.17) is 16.3 Å². The molecule has 0 amide bonds. The topological polar surface area (TPSA) is 26.3 Å². The molecule has 0 spiro atoms. The number of hydrogen-bond acceptors (Lipinski definition) is 2. The van der Waals surface area contributed by atoms with Crippen LogP contribution in [0.2, 0.25) is 0 Å². The normalized spacial score (nSPS) is 9.86. The molecule has 2 nitrogen and oxygen atoms in total. The number of unbranched alkanes of at least 4 members (excludes halogenated alkanes) is 5. The molecule has 14 heavy (non-hydrogen) atoms. The monoisotopic (exact) mass is 217 g/mol. The summed E-state index contributed by atoms with van der Waals surface area (Å²) in [6.45, 7) is 7.49. The van der Waals surface area contributed by atoms with Gasteiger partial charge in [0.05, 0.1) is 6.61 Å². The summed E-state index contributed by atoms with van der Waals surface area (Å²) in [4.78, 5) is 10.8. The molecule has 81 valence electrons. The molecular formula is C11H18ClO2. The van der Waals surface area contributed by atoms with E-state index in [9.17, 15) is 4.79 Å². The van der Waals surface area contributed by atoms with Gasteiger partial charge in [0.25, 0.3) is 0 Å². The zero-order valence-electron chi connectivity index (χ0n) is 8.56. The van der Waals surface area contributed by atoms with Crippen molar-refractivity contribution < 1.29 is 9.53 Å². The van der Waals surface area contributed by atoms with Crippen molar-refractivity contribution in [2.75, 3.05) is 6.61 Å². The SMILES string of the molecule is [CH2]CCCCCCCOC(=O)C(=C)Cl. The fraction of sp³-hybridized carbons (Fsp3) is 0.636. The second-order valence-corrected chi connectivity index (χ2v) is 3.62. The van der Waals surface area contributed by atoms with Crippen LogP contribution in [0.4, 0.5) is 0 Å². The summed E-state index contributed by atoms with van der Waals surface area (Å²) in [5.74, 6) is -0.510. The van der Waals surface area contributed by atoms with Gasteiger partial charge < -0.3 is 4.74 Å². The maximum absolute atomic E-state index is 10.8. The highest BCUT2D eigenvalue weighted by atomic mass is 35.5. The van der Waals surface area contributed by atoms with Gasteiger partial charge in [0.2, 0.25) is 0 Å². The highest BCUT2D eigenvalue weighted by molar-refractivity contribution is 6.40. The van der Waals surface area contributed by atoms with E-state index in [0.29, 0.717) is 6.61 Å². The van der Waals surface area contributed by atoms with Crippen molar-refractivity contribution in [3.05, 3.63) is 18.5 Å². The molecule has 0 bridgehead atoms. The number of rotatable bonds is 8. The molecule has 3 heteroatoms. The lowest BCUT2D eigenvalue weighted by Crippen LogP contribution is -2.04. The van der Waals surface area contributed by atoms with Crippen molar-refractivity contribution >= 4 is 17.6 Å². The van der Waals surface area contributed by atoms with Gasteiger partial charge in [0.15, 0.2) is 0 Å². The maximum Gasteiger partial charge on any atom is 0.349 e. The Bertz CT molecular complexity index is 178. The quantitative estimate of drug-likeness (QED) is 0.354. The van der Waals surface area contributed by atoms with Gasteiger partial charge in [-0.3, -0.25) is 0 Å². The first kappa shape index (κ1) is 13.5. The average molecular weight is 218 g/mol. The molecule has 0 unspecified atom stereocenters. The minimum atomic E-state index is -0.510. The van der Waals surface area contributed by atoms with Gasteiger partial charge in [-0.1, -0.05) is 57.2 Å². The van der Waals surface area contributed by atoms with Crippen LogP contribution in [0.5, 0.6) is 0 Å². The van der Waals surface area contributed by atoms with Crippen LogP contribution in [0.1, 0.15) is 38.5 Å². The first-order valence-corrected chi connectivity index (χ1v) is 5.37. The predicted octanol–water partition coefficient (Wildman–Crippen LogP) is 3.46. The van der Waals surface area contributed by atoms with E-state index in [1.807, 2.05) is 0 Å². The van der Waals surface area contributed by atoms with E-state index >= 15 is 0 Å². The number of ether oxygens (including phenoxy) is 1. The lowest BCUT2D eigenvalue weighted by molar-refractivity contribution is -0.138. The Morgan fingerprint density at radius 1 is 1.14 bits per heavy atom. The summed E-state index contributed by atoms with van der Waals surface area (Å²) in [7, 11) is 0. The molecule has 0 saturated carbocycles. The molecule has 0 aliphatic carbocycles. The van der Waals surface area contributed by atoms with E-state index in [2.05, 4.69) is 13.5 Å². The van der Waals surface area contributed by atoms with Crippen molar-refractivity contribution in [1.82, 2.24) is 0 Å². The van der Waals surface area contributed by atoms with Crippen LogP contribution in [0.25, 0.3) is 0 Å². The highest BCUT2D eigenvalue weighted by Gasteiger charge is 2.03. The molecule has 0 aromatic rings. The van der Waals surface area contributed by atoms with Crippen LogP contribution in [0, 0.1) is 6.92 Å². The summed E-state index contributed by atoms with van der Waals surface area (Å²) >= 11 is 5.33. The lowest BCUT2D eigenvalue weighted by Gasteiger charge is -2.02. The third kappa shape index (κ3) is 8.11. The largest absolute Gasteiger partial charge is 0.461 e. The Labute approximate surface area is 91.3 Å². The fourth-order valence-corrected chi connectivity index (χ4v) is 1.11. The average Bonchev–Trinajstić information content (AvgIpc) is 2.16. The number of carbonyl (C=O) groups excluding carboxylic acids is 1. The molecule has 0 saturated heterocycles. The molecule has 0 heterocycles. The molecule has 0 aromatic carbocycles. The Morgan fingerprint density at radius 3 is 2.29 bits per heavy atom. The zero-order chi connectivity index (χ0) is 10.8. The first-order chi connectivity index (χ1) is 6.68. The molecule has 0 aromatic heterocycles. The second kappa shape index (κ2) is 9.07. The van der Waals surface area contributed by atoms with Crippen LogP contribution in [0.15, 0.2) is 11.6 Å². The number of halogens is 1. The summed E-state index contributed by atoms with van der Waals surface area (Å²) in [5.41, 5.74) is 0. The molecule has 0 N–H and O–H groups in total. The van der Waals surface area contributed by atoms with Crippen LogP contribution >= 0.6 is 11.6 Å². The fourth-order valence-electron chi connectivity index (χ4n) is 1.05. The van der Waals surface area contributed by atoms with Gasteiger partial charge >= 0.3 is 5.97 Å². The van der Waals surface area contributed by atoms with Crippen LogP contribution in [-0.2, 0) is 9.53 Å². The molecule has 0 atom stereocenters. The summed E-state index contributed by atoms with van der Waals surface area (Å²) in [5, 5.41) is -0.0537. The van der Waals surface area contributed by atoms with Gasteiger partial charge in [0.1, 0.15) is 5.03 Å². The molecule has 0 rings (SSSR count). The number of hydrogen-bond donors (Lipinski definition) is 0. The van der Waals surface area contributed by atoms with Gasteiger partial charge in [-0.15, -0.1) is 0 Å². The number of carbonyl (C=O) groups is 1. The molecule has 0 aliphatic heterocycles. The standard InChI is InChI=1S/C11H18ClO2/c1-3-4-5-6-7-8-9-14-11(13)10(2)12/h1-9H2. The molecule has 1 radical (unpaired) electrons. The van der Waals surface area contributed by atoms with E-state index in [-0.39, 0.29) is 5.03 Å². The van der Waals surface area contributed by atoms with E-state index in [0.717, 1.165) is 19.3 Å². The molecule has 0 fully saturated rings. The van der Waals surface area contributed by atoms with Crippen molar-refractivity contribution in [3.8, 4) is 0 Å². The number of esters is 1. The van der Waals surface area contributed by atoms with Crippen molar-refractivity contribution in [2.24, 2.45) is 0 Å². The Kier molecular flexibility index (Phi) is 8.75. The van der Waals surface area contributed by atoms with Crippen LogP contribution in [-0.4, -0.2) is 12.6 Å². The third-order valence-corrected chi connectivity index (χ3v) is 2.00. The highest BCUT2D eigenvalue weighted by Crippen LogP contribution is 2.06. The van der Waals surface area contributed by atoms with E-state index in [1.165, 1.54) is 19.3 Å². The molecular weight excluding hydrogens is 200 g/mol. The van der Waals surface area contributed by atoms with Gasteiger partial charge in [-0.2, -0.15) is 0 Å². The maximum atomic E-state index is 10.8. The molecule has 0 aliphatic rings. The first-order valence-electron chi connectivity index (χ1n) is 4.99. The van der Waals surface area contributed by atoms with E-state index < -0.39 is 5.97 Å². The zero-order valence-corrected chi connectivity index (χ0v) is 9.31. The van der Waals surface area contributed by atoms with Crippen molar-refractivity contribution in [1.29, 1.82) is 0 Å². The predicted molar refractivity (Wildman–Crippen MR) is 59.0 cm³/mol. The minimum Gasteiger partial charge on any atom is -0.461 e. The van der Waals surface area contributed by atoms with E-state index in [1.54, 1.807) is 0 Å². The van der Waals surface area contributed by atoms with Gasteiger partial charge in [-0.05, 0) is 6.42 Å². The lowest BCUT2D eigenvalue weighted by atomic mass is 10.1. The summed E-state index contributed by atoms with van der Waals surface area (Å²) in [6.07, 6.45) is 6.54.